The summed E-state index contributed by atoms with van der Waals surface area (Å²) in [5.74, 6) is 5.89. The number of aliphatic hydroxyl groups excluding tert-OH is 1. The molecule has 208 valence electrons. The Labute approximate surface area is 240 Å². The van der Waals surface area contributed by atoms with Crippen LogP contribution in [0.2, 0.25) is 0 Å². The maximum absolute atomic E-state index is 14.2. The molecule has 0 aliphatic carbocycles. The van der Waals surface area contributed by atoms with Crippen LogP contribution in [0.5, 0.6) is 0 Å². The molecular weight excluding hydrogens is 530 g/mol. The third-order valence-electron chi connectivity index (χ3n) is 6.98. The second-order valence-corrected chi connectivity index (χ2v) is 9.82. The predicted octanol–water partition coefficient (Wildman–Crippen LogP) is 3.42. The number of carbonyl (C=O) groups is 1. The number of carbonyl (C=O) groups excluding carboxylic acids is 1. The van der Waals surface area contributed by atoms with Crippen molar-refractivity contribution in [2.45, 2.75) is 26.4 Å². The summed E-state index contributed by atoms with van der Waals surface area (Å²) in [4.78, 5) is 32.1. The summed E-state index contributed by atoms with van der Waals surface area (Å²) in [6.45, 7) is 3.97. The van der Waals surface area contributed by atoms with E-state index in [0.29, 0.717) is 56.7 Å². The van der Waals surface area contributed by atoms with Gasteiger partial charge in [0.2, 0.25) is 0 Å². The molecule has 2 N–H and O–H groups in total. The van der Waals surface area contributed by atoms with Crippen LogP contribution in [-0.4, -0.2) is 46.6 Å². The number of fused-ring (bicyclic) bond motifs is 2. The van der Waals surface area contributed by atoms with Gasteiger partial charge in [0, 0.05) is 35.5 Å². The second-order valence-electron chi connectivity index (χ2n) is 9.82. The Morgan fingerprint density at radius 2 is 1.93 bits per heavy atom. The molecule has 6 rings (SSSR count). The summed E-state index contributed by atoms with van der Waals surface area (Å²) in [5, 5.41) is 22.0. The number of benzene rings is 2. The van der Waals surface area contributed by atoms with Crippen molar-refractivity contribution in [3.05, 3.63) is 124 Å². The number of aryl methyl sites for hydroxylation is 1. The first-order valence-electron chi connectivity index (χ1n) is 13.4. The minimum Gasteiger partial charge on any atom is -0.394 e. The molecule has 0 aliphatic rings. The van der Waals surface area contributed by atoms with E-state index in [9.17, 15) is 9.59 Å². The molecule has 10 nitrogen and oxygen atoms in total. The number of hydrogen-bond acceptors (Lipinski definition) is 6. The smallest absolute Gasteiger partial charge is 0.264 e. The van der Waals surface area contributed by atoms with Crippen molar-refractivity contribution >= 4 is 22.3 Å². The number of aliphatic hydroxyl groups is 1. The maximum atomic E-state index is 14.2. The molecule has 1 amide bonds. The van der Waals surface area contributed by atoms with Crippen LogP contribution in [0, 0.1) is 18.8 Å². The van der Waals surface area contributed by atoms with Gasteiger partial charge < -0.3 is 10.4 Å². The van der Waals surface area contributed by atoms with E-state index in [-0.39, 0.29) is 18.1 Å². The first kappa shape index (κ1) is 26.7. The third-order valence-corrected chi connectivity index (χ3v) is 6.98. The van der Waals surface area contributed by atoms with Crippen molar-refractivity contribution in [3.8, 4) is 17.5 Å². The van der Waals surface area contributed by atoms with Crippen molar-refractivity contribution in [2.24, 2.45) is 0 Å². The number of rotatable bonds is 6. The van der Waals surface area contributed by atoms with Gasteiger partial charge in [0.15, 0.2) is 5.65 Å². The fourth-order valence-electron chi connectivity index (χ4n) is 5.05. The summed E-state index contributed by atoms with van der Waals surface area (Å²) in [7, 11) is 0. The van der Waals surface area contributed by atoms with E-state index < -0.39 is 6.04 Å². The van der Waals surface area contributed by atoms with Gasteiger partial charge in [-0.1, -0.05) is 42.2 Å². The number of nitrogens with zero attached hydrogens (tertiary/aromatic N) is 6. The highest BCUT2D eigenvalue weighted by molar-refractivity contribution is 6.01. The van der Waals surface area contributed by atoms with E-state index in [0.717, 1.165) is 0 Å². The Kier molecular flexibility index (Phi) is 7.09. The Balaban J connectivity index is 1.45. The van der Waals surface area contributed by atoms with Crippen LogP contribution < -0.4 is 10.9 Å². The topological polar surface area (TPSA) is 119 Å². The van der Waals surface area contributed by atoms with Crippen LogP contribution in [0.25, 0.3) is 22.1 Å². The minimum atomic E-state index is -0.542. The average Bonchev–Trinajstić information content (AvgIpc) is 3.59. The highest BCUT2D eigenvalue weighted by atomic mass is 16.3. The zero-order valence-electron chi connectivity index (χ0n) is 23.0. The molecule has 0 saturated heterocycles. The Morgan fingerprint density at radius 1 is 1.10 bits per heavy atom. The van der Waals surface area contributed by atoms with Gasteiger partial charge in [-0.15, -0.1) is 0 Å². The van der Waals surface area contributed by atoms with Gasteiger partial charge in [-0.25, -0.2) is 9.50 Å². The lowest BCUT2D eigenvalue weighted by atomic mass is 10.0. The van der Waals surface area contributed by atoms with Gasteiger partial charge in [0.25, 0.3) is 11.5 Å². The maximum Gasteiger partial charge on any atom is 0.264 e. The molecule has 0 aliphatic heterocycles. The van der Waals surface area contributed by atoms with Gasteiger partial charge in [-0.2, -0.15) is 10.2 Å². The summed E-state index contributed by atoms with van der Waals surface area (Å²) in [5.41, 5.74) is 3.70. The largest absolute Gasteiger partial charge is 0.394 e. The minimum absolute atomic E-state index is 0.0200. The Bertz CT molecular complexity index is 2060. The fraction of sp³-hybridized carbons (Fsp3) is 0.156. The second kappa shape index (κ2) is 11.2. The molecule has 0 fully saturated rings. The lowest BCUT2D eigenvalue weighted by molar-refractivity contribution is 0.0939. The molecule has 42 heavy (non-hydrogen) atoms. The van der Waals surface area contributed by atoms with E-state index in [1.54, 1.807) is 51.5 Å². The number of pyridine rings is 1. The van der Waals surface area contributed by atoms with Crippen LogP contribution in [-0.2, 0) is 6.54 Å². The number of amides is 1. The monoisotopic (exact) mass is 557 g/mol. The van der Waals surface area contributed by atoms with Crippen molar-refractivity contribution in [3.63, 3.8) is 0 Å². The molecule has 0 saturated carbocycles. The van der Waals surface area contributed by atoms with Crippen LogP contribution in [0.15, 0.2) is 90.2 Å². The molecule has 10 heteroatoms. The zero-order valence-corrected chi connectivity index (χ0v) is 23.0. The van der Waals surface area contributed by atoms with Crippen LogP contribution in [0.1, 0.15) is 45.8 Å². The molecular formula is C32H27N7O3. The summed E-state index contributed by atoms with van der Waals surface area (Å²) < 4.78 is 4.81. The van der Waals surface area contributed by atoms with Gasteiger partial charge in [-0.05, 0) is 49.6 Å². The van der Waals surface area contributed by atoms with Crippen LogP contribution in [0.3, 0.4) is 0 Å². The van der Waals surface area contributed by atoms with Gasteiger partial charge in [-0.3, -0.25) is 18.8 Å². The first-order chi connectivity index (χ1) is 20.4. The molecule has 2 aromatic carbocycles. The molecule has 1 atom stereocenters. The highest BCUT2D eigenvalue weighted by Crippen LogP contribution is 2.24. The number of aromatic nitrogens is 6. The Morgan fingerprint density at radius 3 is 2.74 bits per heavy atom. The lowest BCUT2D eigenvalue weighted by Gasteiger charge is -2.21. The van der Waals surface area contributed by atoms with Crippen molar-refractivity contribution in [1.82, 2.24) is 34.3 Å². The normalized spacial score (nSPS) is 11.8. The molecule has 6 aromatic rings. The molecule has 0 radical (unpaired) electrons. The Hall–Kier alpha value is -5.53. The number of para-hydroxylation sites is 1. The molecule has 0 spiro atoms. The summed E-state index contributed by atoms with van der Waals surface area (Å²) in [6, 6.07) is 18.0. The van der Waals surface area contributed by atoms with Gasteiger partial charge in [0.05, 0.1) is 42.0 Å². The lowest BCUT2D eigenvalue weighted by Crippen LogP contribution is -2.32. The van der Waals surface area contributed by atoms with Gasteiger partial charge >= 0.3 is 0 Å². The molecule has 0 unspecified atom stereocenters. The van der Waals surface area contributed by atoms with E-state index in [1.165, 1.54) is 0 Å². The zero-order chi connectivity index (χ0) is 29.2. The first-order valence-corrected chi connectivity index (χ1v) is 13.4. The summed E-state index contributed by atoms with van der Waals surface area (Å²) in [6.07, 6.45) is 6.74. The van der Waals surface area contributed by atoms with E-state index in [2.05, 4.69) is 32.3 Å². The van der Waals surface area contributed by atoms with Crippen LogP contribution in [0.4, 0.5) is 0 Å². The predicted molar refractivity (Wildman–Crippen MR) is 158 cm³/mol. The highest BCUT2D eigenvalue weighted by Gasteiger charge is 2.23. The summed E-state index contributed by atoms with van der Waals surface area (Å²) >= 11 is 0. The SMILES string of the molecule is Cc1nn2cccnc2c1C(=O)N[C@H](C)c1cc2cccc(C#Cc3cnn(CCO)c3)c2c(=O)n1-c1ccccc1. The van der Waals surface area contributed by atoms with Gasteiger partial charge in [0.1, 0.15) is 5.56 Å². The van der Waals surface area contributed by atoms with Crippen LogP contribution >= 0.6 is 0 Å². The third kappa shape index (κ3) is 4.93. The number of nitrogens with one attached hydrogen (secondary N) is 1. The van der Waals surface area contributed by atoms with E-state index >= 15 is 0 Å². The molecule has 4 aromatic heterocycles. The molecule has 4 heterocycles. The number of hydrogen-bond donors (Lipinski definition) is 2. The quantitative estimate of drug-likeness (QED) is 0.303. The van der Waals surface area contributed by atoms with E-state index in [4.69, 9.17) is 5.11 Å². The standard InChI is InChI=1S/C32H27N7O3/c1-21(35-31(41)28-22(2)36-38-15-7-14-33-30(28)38)27-18-25-9-6-8-24(13-12-23-19-34-37(20-23)16-17-40)29(25)32(42)39(27)26-10-4-3-5-11-26/h3-11,14-15,18-21,40H,16-17H2,1-2H3,(H,35,41)/t21-/m1/s1. The fourth-order valence-corrected chi connectivity index (χ4v) is 5.05. The van der Waals surface area contributed by atoms with Crippen molar-refractivity contribution < 1.29 is 9.90 Å². The molecule has 0 bridgehead atoms. The van der Waals surface area contributed by atoms with E-state index in [1.807, 2.05) is 61.5 Å². The van der Waals surface area contributed by atoms with Crippen molar-refractivity contribution in [1.29, 1.82) is 0 Å². The average molecular weight is 558 g/mol. The van der Waals surface area contributed by atoms with Crippen molar-refractivity contribution in [2.75, 3.05) is 6.61 Å².